The molecular formula is C21H26N2O4S. The predicted molar refractivity (Wildman–Crippen MR) is 109 cm³/mol. The molecule has 2 aromatic rings. The molecule has 3 rings (SSSR count). The number of aryl methyl sites for hydroxylation is 1. The van der Waals surface area contributed by atoms with Crippen molar-refractivity contribution in [3.05, 3.63) is 53.1 Å². The summed E-state index contributed by atoms with van der Waals surface area (Å²) in [5, 5.41) is 2.87. The molecule has 0 spiro atoms. The fourth-order valence-corrected chi connectivity index (χ4v) is 5.04. The number of carbonyl (C=O) groups excluding carboxylic acids is 1. The standard InChI is InChI=1S/C21H26N2O4S/c1-15-8-7-9-18(16(15)2)22-21(24)17-10-11-19(27-3)20(14-17)28(25,26)23-12-5-4-6-13-23/h7-11,14H,4-6,12-13H2,1-3H3,(H,22,24). The van der Waals surface area contributed by atoms with Gasteiger partial charge in [0, 0.05) is 24.3 Å². The van der Waals surface area contributed by atoms with Gasteiger partial charge in [-0.15, -0.1) is 0 Å². The van der Waals surface area contributed by atoms with E-state index in [1.807, 2.05) is 32.0 Å². The third-order valence-corrected chi connectivity index (χ3v) is 7.13. The second kappa shape index (κ2) is 8.32. The highest BCUT2D eigenvalue weighted by Crippen LogP contribution is 2.30. The maximum Gasteiger partial charge on any atom is 0.255 e. The van der Waals surface area contributed by atoms with Crippen LogP contribution in [0.3, 0.4) is 0 Å². The summed E-state index contributed by atoms with van der Waals surface area (Å²) >= 11 is 0. The van der Waals surface area contributed by atoms with Crippen molar-refractivity contribution in [2.24, 2.45) is 0 Å². The average molecular weight is 403 g/mol. The Kier molecular flexibility index (Phi) is 6.05. The lowest BCUT2D eigenvalue weighted by molar-refractivity contribution is 0.102. The lowest BCUT2D eigenvalue weighted by Crippen LogP contribution is -2.35. The summed E-state index contributed by atoms with van der Waals surface area (Å²) in [5.74, 6) is -0.111. The normalized spacial score (nSPS) is 15.2. The van der Waals surface area contributed by atoms with Crippen molar-refractivity contribution >= 4 is 21.6 Å². The number of anilines is 1. The number of hydrogen-bond acceptors (Lipinski definition) is 4. The van der Waals surface area contributed by atoms with Gasteiger partial charge in [-0.25, -0.2) is 8.42 Å². The van der Waals surface area contributed by atoms with Crippen LogP contribution in [0.25, 0.3) is 0 Å². The molecule has 1 saturated heterocycles. The number of nitrogens with one attached hydrogen (secondary N) is 1. The molecule has 0 radical (unpaired) electrons. The number of nitrogens with zero attached hydrogens (tertiary/aromatic N) is 1. The zero-order valence-electron chi connectivity index (χ0n) is 16.5. The molecule has 1 amide bonds. The largest absolute Gasteiger partial charge is 0.495 e. The highest BCUT2D eigenvalue weighted by Gasteiger charge is 2.29. The van der Waals surface area contributed by atoms with Crippen LogP contribution < -0.4 is 10.1 Å². The van der Waals surface area contributed by atoms with Gasteiger partial charge in [0.15, 0.2) is 0 Å². The topological polar surface area (TPSA) is 75.7 Å². The molecule has 1 aliphatic rings. The Hall–Kier alpha value is -2.38. The molecule has 2 aromatic carbocycles. The maximum atomic E-state index is 13.1. The van der Waals surface area contributed by atoms with Gasteiger partial charge in [0.2, 0.25) is 10.0 Å². The Bertz CT molecular complexity index is 980. The zero-order valence-corrected chi connectivity index (χ0v) is 17.3. The highest BCUT2D eigenvalue weighted by molar-refractivity contribution is 7.89. The number of methoxy groups -OCH3 is 1. The number of piperidine rings is 1. The van der Waals surface area contributed by atoms with Crippen molar-refractivity contribution in [2.75, 3.05) is 25.5 Å². The van der Waals surface area contributed by atoms with Crippen LogP contribution >= 0.6 is 0 Å². The molecule has 0 atom stereocenters. The van der Waals surface area contributed by atoms with Crippen LogP contribution in [0.4, 0.5) is 5.69 Å². The van der Waals surface area contributed by atoms with E-state index < -0.39 is 10.0 Å². The second-order valence-electron chi connectivity index (χ2n) is 7.03. The minimum Gasteiger partial charge on any atom is -0.495 e. The van der Waals surface area contributed by atoms with E-state index in [1.54, 1.807) is 6.07 Å². The average Bonchev–Trinajstić information content (AvgIpc) is 2.71. The summed E-state index contributed by atoms with van der Waals surface area (Å²) in [6, 6.07) is 10.2. The summed E-state index contributed by atoms with van der Waals surface area (Å²) in [7, 11) is -2.29. The minimum absolute atomic E-state index is 0.0329. The van der Waals surface area contributed by atoms with Crippen molar-refractivity contribution in [2.45, 2.75) is 38.0 Å². The quantitative estimate of drug-likeness (QED) is 0.827. The maximum absolute atomic E-state index is 13.1. The SMILES string of the molecule is COc1ccc(C(=O)Nc2cccc(C)c2C)cc1S(=O)(=O)N1CCCCC1. The molecular weight excluding hydrogens is 376 g/mol. The number of amides is 1. The van der Waals surface area contributed by atoms with Gasteiger partial charge in [-0.1, -0.05) is 18.6 Å². The lowest BCUT2D eigenvalue weighted by Gasteiger charge is -2.26. The van der Waals surface area contributed by atoms with Crippen LogP contribution in [0.1, 0.15) is 40.7 Å². The van der Waals surface area contributed by atoms with E-state index in [0.29, 0.717) is 18.8 Å². The molecule has 6 nitrogen and oxygen atoms in total. The van der Waals surface area contributed by atoms with Crippen molar-refractivity contribution in [3.63, 3.8) is 0 Å². The Morgan fingerprint density at radius 3 is 2.46 bits per heavy atom. The Morgan fingerprint density at radius 2 is 1.79 bits per heavy atom. The molecule has 7 heteroatoms. The molecule has 0 saturated carbocycles. The van der Waals surface area contributed by atoms with Gasteiger partial charge < -0.3 is 10.1 Å². The molecule has 28 heavy (non-hydrogen) atoms. The van der Waals surface area contributed by atoms with Crippen LogP contribution in [0.2, 0.25) is 0 Å². The summed E-state index contributed by atoms with van der Waals surface area (Å²) < 4.78 is 33.0. The van der Waals surface area contributed by atoms with E-state index in [1.165, 1.54) is 23.5 Å². The predicted octanol–water partition coefficient (Wildman–Crippen LogP) is 3.74. The van der Waals surface area contributed by atoms with Gasteiger partial charge in [-0.3, -0.25) is 4.79 Å². The first-order chi connectivity index (χ1) is 13.3. The van der Waals surface area contributed by atoms with Crippen molar-refractivity contribution < 1.29 is 17.9 Å². The number of ether oxygens (including phenoxy) is 1. The third-order valence-electron chi connectivity index (χ3n) is 5.21. The van der Waals surface area contributed by atoms with Crippen LogP contribution in [-0.4, -0.2) is 38.8 Å². The first-order valence-electron chi connectivity index (χ1n) is 9.40. The highest BCUT2D eigenvalue weighted by atomic mass is 32.2. The van der Waals surface area contributed by atoms with Crippen LogP contribution in [0.15, 0.2) is 41.3 Å². The van der Waals surface area contributed by atoms with Crippen LogP contribution in [-0.2, 0) is 10.0 Å². The Morgan fingerprint density at radius 1 is 1.07 bits per heavy atom. The van der Waals surface area contributed by atoms with E-state index in [0.717, 1.165) is 30.4 Å². The Labute approximate surface area is 166 Å². The van der Waals surface area contributed by atoms with Gasteiger partial charge >= 0.3 is 0 Å². The molecule has 150 valence electrons. The fraction of sp³-hybridized carbons (Fsp3) is 0.381. The smallest absolute Gasteiger partial charge is 0.255 e. The Balaban J connectivity index is 1.94. The van der Waals surface area contributed by atoms with Crippen molar-refractivity contribution in [1.29, 1.82) is 0 Å². The molecule has 0 aromatic heterocycles. The van der Waals surface area contributed by atoms with E-state index in [4.69, 9.17) is 4.74 Å². The third kappa shape index (κ3) is 4.05. The first kappa shape index (κ1) is 20.4. The van der Waals surface area contributed by atoms with Gasteiger partial charge in [-0.05, 0) is 62.1 Å². The van der Waals surface area contributed by atoms with Gasteiger partial charge in [-0.2, -0.15) is 4.31 Å². The summed E-state index contributed by atoms with van der Waals surface area (Å²) in [5.41, 5.74) is 3.03. The number of benzene rings is 2. The van der Waals surface area contributed by atoms with Gasteiger partial charge in [0.05, 0.1) is 7.11 Å². The molecule has 1 N–H and O–H groups in total. The number of sulfonamides is 1. The molecule has 1 fully saturated rings. The second-order valence-corrected chi connectivity index (χ2v) is 8.94. The summed E-state index contributed by atoms with van der Waals surface area (Å²) in [6.07, 6.45) is 2.71. The minimum atomic E-state index is -3.72. The lowest BCUT2D eigenvalue weighted by atomic mass is 10.1. The fourth-order valence-electron chi connectivity index (χ4n) is 3.34. The van der Waals surface area contributed by atoms with Gasteiger partial charge in [0.25, 0.3) is 5.91 Å². The molecule has 1 aliphatic heterocycles. The number of rotatable bonds is 5. The van der Waals surface area contributed by atoms with Gasteiger partial charge in [0.1, 0.15) is 10.6 Å². The molecule has 0 bridgehead atoms. The number of carbonyl (C=O) groups is 1. The van der Waals surface area contributed by atoms with E-state index in [9.17, 15) is 13.2 Å². The van der Waals surface area contributed by atoms with Crippen molar-refractivity contribution in [1.82, 2.24) is 4.31 Å². The molecule has 1 heterocycles. The zero-order chi connectivity index (χ0) is 20.3. The summed E-state index contributed by atoms with van der Waals surface area (Å²) in [4.78, 5) is 12.8. The molecule has 0 aliphatic carbocycles. The first-order valence-corrected chi connectivity index (χ1v) is 10.8. The van der Waals surface area contributed by atoms with Crippen LogP contribution in [0, 0.1) is 13.8 Å². The summed E-state index contributed by atoms with van der Waals surface area (Å²) in [6.45, 7) is 4.89. The van der Waals surface area contributed by atoms with E-state index in [2.05, 4.69) is 5.32 Å². The monoisotopic (exact) mass is 402 g/mol. The number of hydrogen-bond donors (Lipinski definition) is 1. The molecule has 0 unspecified atom stereocenters. The van der Waals surface area contributed by atoms with Crippen molar-refractivity contribution in [3.8, 4) is 5.75 Å². The van der Waals surface area contributed by atoms with E-state index in [-0.39, 0.29) is 22.1 Å². The van der Waals surface area contributed by atoms with Crippen LogP contribution in [0.5, 0.6) is 5.75 Å². The van der Waals surface area contributed by atoms with E-state index >= 15 is 0 Å².